The summed E-state index contributed by atoms with van der Waals surface area (Å²) in [6, 6.07) is 15.2. The highest BCUT2D eigenvalue weighted by atomic mass is 16.5. The van der Waals surface area contributed by atoms with Crippen molar-refractivity contribution in [2.45, 2.75) is 6.61 Å². The Morgan fingerprint density at radius 3 is 2.32 bits per heavy atom. The van der Waals surface area contributed by atoms with E-state index in [1.807, 2.05) is 48.5 Å². The predicted molar refractivity (Wildman–Crippen MR) is 97.5 cm³/mol. The third kappa shape index (κ3) is 6.42. The lowest BCUT2D eigenvalue weighted by atomic mass is 10.2. The van der Waals surface area contributed by atoms with Crippen molar-refractivity contribution in [2.75, 3.05) is 13.7 Å². The third-order valence-corrected chi connectivity index (χ3v) is 3.30. The Bertz CT molecular complexity index is 751. The first-order valence-electron chi connectivity index (χ1n) is 7.76. The van der Waals surface area contributed by atoms with E-state index in [-0.39, 0.29) is 5.97 Å². The molecule has 0 unspecified atom stereocenters. The minimum Gasteiger partial charge on any atom is -0.489 e. The lowest BCUT2D eigenvalue weighted by molar-refractivity contribution is -0.134. The van der Waals surface area contributed by atoms with Crippen LogP contribution in [0.4, 0.5) is 0 Å². The third-order valence-electron chi connectivity index (χ3n) is 3.30. The van der Waals surface area contributed by atoms with Crippen molar-refractivity contribution in [1.29, 1.82) is 0 Å². The predicted octanol–water partition coefficient (Wildman–Crippen LogP) is 4.17. The van der Waals surface area contributed by atoms with Gasteiger partial charge in [0.25, 0.3) is 0 Å². The van der Waals surface area contributed by atoms with Crippen LogP contribution in [0.5, 0.6) is 11.5 Å². The highest BCUT2D eigenvalue weighted by Crippen LogP contribution is 2.17. The van der Waals surface area contributed by atoms with Crippen molar-refractivity contribution >= 4 is 12.0 Å². The van der Waals surface area contributed by atoms with E-state index in [0.29, 0.717) is 13.2 Å². The minimum absolute atomic E-state index is 0.381. The molecule has 128 valence electrons. The number of methoxy groups -OCH3 is 1. The first kappa shape index (κ1) is 18.1. The van der Waals surface area contributed by atoms with E-state index in [0.717, 1.165) is 22.6 Å². The van der Waals surface area contributed by atoms with Crippen molar-refractivity contribution in [2.24, 2.45) is 0 Å². The molecule has 0 heterocycles. The van der Waals surface area contributed by atoms with E-state index >= 15 is 0 Å². The first-order valence-corrected chi connectivity index (χ1v) is 7.76. The largest absolute Gasteiger partial charge is 0.489 e. The summed E-state index contributed by atoms with van der Waals surface area (Å²) in [5.41, 5.74) is 4.60. The van der Waals surface area contributed by atoms with Gasteiger partial charge < -0.3 is 14.2 Å². The van der Waals surface area contributed by atoms with Crippen LogP contribution in [0.3, 0.4) is 0 Å². The van der Waals surface area contributed by atoms with Gasteiger partial charge in [0.05, 0.1) is 7.11 Å². The molecule has 0 aliphatic heterocycles. The molecule has 4 nitrogen and oxygen atoms in total. The molecule has 0 radical (unpaired) electrons. The van der Waals surface area contributed by atoms with E-state index < -0.39 is 0 Å². The van der Waals surface area contributed by atoms with Crippen LogP contribution in [-0.2, 0) is 16.1 Å². The molecule has 4 heteroatoms. The van der Waals surface area contributed by atoms with Gasteiger partial charge in [-0.2, -0.15) is 0 Å². The molecule has 0 fully saturated rings. The van der Waals surface area contributed by atoms with Crippen LogP contribution in [-0.4, -0.2) is 19.7 Å². The molecule has 0 aliphatic rings. The van der Waals surface area contributed by atoms with Gasteiger partial charge in [0, 0.05) is 6.08 Å². The molecule has 2 rings (SSSR count). The number of carbonyl (C=O) groups excluding carboxylic acids is 1. The van der Waals surface area contributed by atoms with E-state index in [2.05, 4.69) is 17.0 Å². The van der Waals surface area contributed by atoms with E-state index in [4.69, 9.17) is 9.47 Å². The Kier molecular flexibility index (Phi) is 7.11. The molecule has 25 heavy (non-hydrogen) atoms. The van der Waals surface area contributed by atoms with Crippen molar-refractivity contribution < 1.29 is 19.0 Å². The summed E-state index contributed by atoms with van der Waals surface area (Å²) in [6.45, 7) is 4.40. The molecular weight excluding hydrogens is 316 g/mol. The zero-order chi connectivity index (χ0) is 17.9. The fourth-order valence-electron chi connectivity index (χ4n) is 1.95. The first-order chi connectivity index (χ1) is 12.2. The molecule has 0 saturated heterocycles. The molecule has 0 saturated carbocycles. The van der Waals surface area contributed by atoms with Gasteiger partial charge in [-0.3, -0.25) is 0 Å². The molecule has 2 aromatic carbocycles. The number of esters is 1. The number of hydrogen-bond donors (Lipinski definition) is 0. The lowest BCUT2D eigenvalue weighted by Crippen LogP contribution is -1.97. The number of carbonyl (C=O) groups is 1. The summed E-state index contributed by atoms with van der Waals surface area (Å²) in [4.78, 5) is 11.1. The maximum atomic E-state index is 11.1. The molecule has 0 aliphatic carbocycles. The standard InChI is InChI=1S/C21H20O4/c1-3-4-15-24-19-12-7-18(8-13-19)16-25-20-10-5-17(6-11-20)9-14-21(22)23-2/h4-14H,1,15-16H2,2H3. The Labute approximate surface area is 147 Å². The van der Waals surface area contributed by atoms with Crippen LogP contribution in [0.25, 0.3) is 6.08 Å². The van der Waals surface area contributed by atoms with Crippen LogP contribution in [0.1, 0.15) is 11.1 Å². The fourth-order valence-corrected chi connectivity index (χ4v) is 1.95. The summed E-state index contributed by atoms with van der Waals surface area (Å²) >= 11 is 0. The van der Waals surface area contributed by atoms with Gasteiger partial charge in [-0.05, 0) is 47.5 Å². The van der Waals surface area contributed by atoms with E-state index in [9.17, 15) is 4.79 Å². The van der Waals surface area contributed by atoms with Gasteiger partial charge in [0.2, 0.25) is 0 Å². The van der Waals surface area contributed by atoms with Gasteiger partial charge in [0.15, 0.2) is 0 Å². The van der Waals surface area contributed by atoms with Crippen LogP contribution in [0, 0.1) is 0 Å². The SMILES string of the molecule is C=C=CCOc1ccc(COc2ccc(C=CC(=O)OC)cc2)cc1. The van der Waals surface area contributed by atoms with Gasteiger partial charge in [-0.25, -0.2) is 4.79 Å². The van der Waals surface area contributed by atoms with Crippen molar-refractivity contribution in [3.8, 4) is 11.5 Å². The quantitative estimate of drug-likeness (QED) is 0.412. The number of rotatable bonds is 8. The Hall–Kier alpha value is -3.23. The van der Waals surface area contributed by atoms with Crippen molar-refractivity contribution in [3.63, 3.8) is 0 Å². The van der Waals surface area contributed by atoms with Crippen LogP contribution < -0.4 is 9.47 Å². The molecular formula is C21H20O4. The molecule has 0 spiro atoms. The molecule has 0 N–H and O–H groups in total. The second kappa shape index (κ2) is 9.81. The number of ether oxygens (including phenoxy) is 3. The summed E-state index contributed by atoms with van der Waals surface area (Å²) < 4.78 is 15.8. The van der Waals surface area contributed by atoms with Gasteiger partial charge in [0.1, 0.15) is 24.7 Å². The monoisotopic (exact) mass is 336 g/mol. The fraction of sp³-hybridized carbons (Fsp3) is 0.143. The lowest BCUT2D eigenvalue weighted by Gasteiger charge is -2.08. The van der Waals surface area contributed by atoms with Crippen LogP contribution >= 0.6 is 0 Å². The normalized spacial score (nSPS) is 10.1. The highest BCUT2D eigenvalue weighted by molar-refractivity contribution is 5.86. The second-order valence-corrected chi connectivity index (χ2v) is 5.08. The zero-order valence-electron chi connectivity index (χ0n) is 14.1. The molecule has 0 aromatic heterocycles. The van der Waals surface area contributed by atoms with E-state index in [1.54, 1.807) is 12.2 Å². The van der Waals surface area contributed by atoms with Gasteiger partial charge >= 0.3 is 5.97 Å². The number of hydrogen-bond acceptors (Lipinski definition) is 4. The Morgan fingerprint density at radius 1 is 1.04 bits per heavy atom. The van der Waals surface area contributed by atoms with Gasteiger partial charge in [-0.1, -0.05) is 30.8 Å². The smallest absolute Gasteiger partial charge is 0.330 e. The minimum atomic E-state index is -0.381. The molecule has 0 bridgehead atoms. The Morgan fingerprint density at radius 2 is 1.68 bits per heavy atom. The average molecular weight is 336 g/mol. The maximum Gasteiger partial charge on any atom is 0.330 e. The summed E-state index contributed by atoms with van der Waals surface area (Å²) in [5, 5.41) is 0. The van der Waals surface area contributed by atoms with Crippen molar-refractivity contribution in [1.82, 2.24) is 0 Å². The second-order valence-electron chi connectivity index (χ2n) is 5.08. The number of benzene rings is 2. The zero-order valence-corrected chi connectivity index (χ0v) is 14.1. The topological polar surface area (TPSA) is 44.8 Å². The average Bonchev–Trinajstić information content (AvgIpc) is 2.66. The summed E-state index contributed by atoms with van der Waals surface area (Å²) in [5.74, 6) is 1.16. The highest BCUT2D eigenvalue weighted by Gasteiger charge is 1.98. The molecule has 0 amide bonds. The summed E-state index contributed by atoms with van der Waals surface area (Å²) in [7, 11) is 1.35. The van der Waals surface area contributed by atoms with Crippen LogP contribution in [0.2, 0.25) is 0 Å². The maximum absolute atomic E-state index is 11.1. The summed E-state index contributed by atoms with van der Waals surface area (Å²) in [6.07, 6.45) is 4.79. The van der Waals surface area contributed by atoms with Crippen molar-refractivity contribution in [3.05, 3.63) is 84.1 Å². The van der Waals surface area contributed by atoms with Gasteiger partial charge in [-0.15, -0.1) is 5.73 Å². The van der Waals surface area contributed by atoms with Crippen LogP contribution in [0.15, 0.2) is 73.0 Å². The molecule has 2 aromatic rings. The molecule has 0 atom stereocenters. The van der Waals surface area contributed by atoms with E-state index in [1.165, 1.54) is 13.2 Å². The Balaban J connectivity index is 1.85.